The second kappa shape index (κ2) is 5.09. The van der Waals surface area contributed by atoms with Gasteiger partial charge in [-0.3, -0.25) is 4.98 Å². The summed E-state index contributed by atoms with van der Waals surface area (Å²) in [6.45, 7) is 2.03. The van der Waals surface area contributed by atoms with Crippen LogP contribution in [0.2, 0.25) is 0 Å². The molecule has 0 spiro atoms. The molecular formula is C15H12BrN3O. The maximum absolute atomic E-state index is 5.91. The third-order valence-corrected chi connectivity index (χ3v) is 3.71. The summed E-state index contributed by atoms with van der Waals surface area (Å²) in [6.07, 6.45) is 1.72. The Bertz CT molecular complexity index is 753. The van der Waals surface area contributed by atoms with E-state index >= 15 is 0 Å². The van der Waals surface area contributed by atoms with Crippen molar-refractivity contribution in [3.8, 4) is 22.5 Å². The maximum Gasteiger partial charge on any atom is 0.232 e. The number of rotatable bonds is 2. The average Bonchev–Trinajstić information content (AvgIpc) is 2.84. The zero-order valence-electron chi connectivity index (χ0n) is 10.8. The van der Waals surface area contributed by atoms with Crippen molar-refractivity contribution in [1.29, 1.82) is 0 Å². The Morgan fingerprint density at radius 1 is 1.20 bits per heavy atom. The van der Waals surface area contributed by atoms with Crippen molar-refractivity contribution < 1.29 is 4.52 Å². The molecule has 2 aromatic heterocycles. The van der Waals surface area contributed by atoms with Crippen LogP contribution in [0.1, 0.15) is 5.56 Å². The van der Waals surface area contributed by atoms with Gasteiger partial charge in [0, 0.05) is 16.2 Å². The van der Waals surface area contributed by atoms with Crippen LogP contribution in [0.15, 0.2) is 51.6 Å². The van der Waals surface area contributed by atoms with E-state index in [1.165, 1.54) is 0 Å². The number of nitrogens with zero attached hydrogens (tertiary/aromatic N) is 2. The van der Waals surface area contributed by atoms with E-state index in [1.807, 2.05) is 43.3 Å². The van der Waals surface area contributed by atoms with Gasteiger partial charge in [-0.25, -0.2) is 0 Å². The number of anilines is 1. The Labute approximate surface area is 124 Å². The van der Waals surface area contributed by atoms with E-state index in [2.05, 4.69) is 26.1 Å². The Balaban J connectivity index is 2.24. The van der Waals surface area contributed by atoms with Gasteiger partial charge < -0.3 is 10.3 Å². The molecule has 0 amide bonds. The normalized spacial score (nSPS) is 10.7. The number of nitrogens with two attached hydrogens (primary N) is 1. The predicted octanol–water partition coefficient (Wildman–Crippen LogP) is 4.06. The first kappa shape index (κ1) is 12.9. The van der Waals surface area contributed by atoms with Gasteiger partial charge in [-0.05, 0) is 31.2 Å². The van der Waals surface area contributed by atoms with Gasteiger partial charge in [-0.2, -0.15) is 0 Å². The Morgan fingerprint density at radius 3 is 2.80 bits per heavy atom. The molecular weight excluding hydrogens is 318 g/mol. The minimum Gasteiger partial charge on any atom is -0.367 e. The van der Waals surface area contributed by atoms with E-state index in [-0.39, 0.29) is 5.88 Å². The SMILES string of the molecule is Cc1ccc(Br)c(-c2noc(N)c2-c2ccccn2)c1. The first-order chi connectivity index (χ1) is 9.66. The minimum absolute atomic E-state index is 0.270. The molecule has 0 saturated carbocycles. The number of aromatic nitrogens is 2. The van der Waals surface area contributed by atoms with Crippen LogP contribution in [-0.2, 0) is 0 Å². The van der Waals surface area contributed by atoms with Crippen molar-refractivity contribution in [2.45, 2.75) is 6.92 Å². The number of hydrogen-bond donors (Lipinski definition) is 1. The van der Waals surface area contributed by atoms with Crippen molar-refractivity contribution >= 4 is 21.8 Å². The summed E-state index contributed by atoms with van der Waals surface area (Å²) < 4.78 is 6.10. The zero-order chi connectivity index (χ0) is 14.1. The molecule has 0 fully saturated rings. The monoisotopic (exact) mass is 329 g/mol. The smallest absolute Gasteiger partial charge is 0.232 e. The maximum atomic E-state index is 5.91. The number of pyridine rings is 1. The summed E-state index contributed by atoms with van der Waals surface area (Å²) in [7, 11) is 0. The van der Waals surface area contributed by atoms with Gasteiger partial charge in [0.15, 0.2) is 0 Å². The average molecular weight is 330 g/mol. The number of hydrogen-bond acceptors (Lipinski definition) is 4. The lowest BCUT2D eigenvalue weighted by Gasteiger charge is -2.05. The van der Waals surface area contributed by atoms with Crippen LogP contribution in [0.25, 0.3) is 22.5 Å². The summed E-state index contributed by atoms with van der Waals surface area (Å²) in [5.74, 6) is 0.270. The molecule has 2 heterocycles. The first-order valence-electron chi connectivity index (χ1n) is 6.10. The van der Waals surface area contributed by atoms with Gasteiger partial charge >= 0.3 is 0 Å². The van der Waals surface area contributed by atoms with Crippen LogP contribution in [0, 0.1) is 6.92 Å². The summed E-state index contributed by atoms with van der Waals surface area (Å²) in [5, 5.41) is 4.09. The lowest BCUT2D eigenvalue weighted by molar-refractivity contribution is 0.439. The fourth-order valence-corrected chi connectivity index (χ4v) is 2.50. The molecule has 0 radical (unpaired) electrons. The van der Waals surface area contributed by atoms with Gasteiger partial charge in [0.05, 0.1) is 11.3 Å². The topological polar surface area (TPSA) is 64.9 Å². The van der Waals surface area contributed by atoms with Crippen LogP contribution in [0.3, 0.4) is 0 Å². The van der Waals surface area contributed by atoms with Gasteiger partial charge in [0.1, 0.15) is 5.69 Å². The van der Waals surface area contributed by atoms with Gasteiger partial charge in [0.25, 0.3) is 0 Å². The molecule has 0 aliphatic rings. The van der Waals surface area contributed by atoms with E-state index in [1.54, 1.807) is 6.20 Å². The van der Waals surface area contributed by atoms with Crippen LogP contribution in [0.5, 0.6) is 0 Å². The van der Waals surface area contributed by atoms with Crippen molar-refractivity contribution in [3.05, 3.63) is 52.6 Å². The molecule has 3 rings (SSSR count). The minimum atomic E-state index is 0.270. The number of benzene rings is 1. The van der Waals surface area contributed by atoms with Crippen molar-refractivity contribution in [3.63, 3.8) is 0 Å². The van der Waals surface area contributed by atoms with Gasteiger partial charge in [-0.15, -0.1) is 0 Å². The van der Waals surface area contributed by atoms with Crippen LogP contribution in [-0.4, -0.2) is 10.1 Å². The van der Waals surface area contributed by atoms with Crippen LogP contribution in [0.4, 0.5) is 5.88 Å². The Hall–Kier alpha value is -2.14. The Kier molecular flexibility index (Phi) is 3.28. The fraction of sp³-hybridized carbons (Fsp3) is 0.0667. The van der Waals surface area contributed by atoms with Crippen molar-refractivity contribution in [1.82, 2.24) is 10.1 Å². The molecule has 100 valence electrons. The lowest BCUT2D eigenvalue weighted by atomic mass is 10.0. The van der Waals surface area contributed by atoms with E-state index in [4.69, 9.17) is 10.3 Å². The van der Waals surface area contributed by atoms with Gasteiger partial charge in [0.2, 0.25) is 5.88 Å². The molecule has 0 aliphatic heterocycles. The molecule has 0 saturated heterocycles. The van der Waals surface area contributed by atoms with E-state index in [0.29, 0.717) is 5.69 Å². The van der Waals surface area contributed by atoms with Crippen LogP contribution < -0.4 is 5.73 Å². The quantitative estimate of drug-likeness (QED) is 0.770. The molecule has 2 N–H and O–H groups in total. The van der Waals surface area contributed by atoms with E-state index < -0.39 is 0 Å². The van der Waals surface area contributed by atoms with E-state index in [9.17, 15) is 0 Å². The number of aryl methyl sites for hydroxylation is 1. The van der Waals surface area contributed by atoms with Crippen molar-refractivity contribution in [2.75, 3.05) is 5.73 Å². The molecule has 0 bridgehead atoms. The third kappa shape index (κ3) is 2.20. The molecule has 0 aliphatic carbocycles. The highest BCUT2D eigenvalue weighted by Gasteiger charge is 2.20. The summed E-state index contributed by atoms with van der Waals surface area (Å²) >= 11 is 3.54. The highest BCUT2D eigenvalue weighted by molar-refractivity contribution is 9.10. The molecule has 1 aromatic carbocycles. The lowest BCUT2D eigenvalue weighted by Crippen LogP contribution is -1.90. The number of nitrogen functional groups attached to an aromatic ring is 1. The zero-order valence-corrected chi connectivity index (χ0v) is 12.4. The fourth-order valence-electron chi connectivity index (χ4n) is 2.07. The third-order valence-electron chi connectivity index (χ3n) is 3.02. The molecule has 0 unspecified atom stereocenters. The predicted molar refractivity (Wildman–Crippen MR) is 82.0 cm³/mol. The molecule has 4 nitrogen and oxygen atoms in total. The summed E-state index contributed by atoms with van der Waals surface area (Å²) in [4.78, 5) is 4.32. The Morgan fingerprint density at radius 2 is 2.05 bits per heavy atom. The summed E-state index contributed by atoms with van der Waals surface area (Å²) in [6, 6.07) is 11.7. The highest BCUT2D eigenvalue weighted by Crippen LogP contribution is 2.38. The molecule has 0 atom stereocenters. The van der Waals surface area contributed by atoms with E-state index in [0.717, 1.165) is 26.9 Å². The highest BCUT2D eigenvalue weighted by atomic mass is 79.9. The largest absolute Gasteiger partial charge is 0.367 e. The standard InChI is InChI=1S/C15H12BrN3O/c1-9-5-6-11(16)10(8-9)14-13(15(17)20-19-14)12-4-2-3-7-18-12/h2-8H,17H2,1H3. The van der Waals surface area contributed by atoms with Crippen LogP contribution >= 0.6 is 15.9 Å². The second-order valence-corrected chi connectivity index (χ2v) is 5.32. The van der Waals surface area contributed by atoms with Gasteiger partial charge in [-0.1, -0.05) is 38.8 Å². The second-order valence-electron chi connectivity index (χ2n) is 4.47. The molecule has 5 heteroatoms. The molecule has 20 heavy (non-hydrogen) atoms. The molecule has 3 aromatic rings. The number of halogens is 1. The summed E-state index contributed by atoms with van der Waals surface area (Å²) in [5.41, 5.74) is 10.1. The first-order valence-corrected chi connectivity index (χ1v) is 6.89. The van der Waals surface area contributed by atoms with Crippen molar-refractivity contribution in [2.24, 2.45) is 0 Å².